The predicted octanol–water partition coefficient (Wildman–Crippen LogP) is 4.42. The van der Waals surface area contributed by atoms with Gasteiger partial charge in [0, 0.05) is 13.1 Å². The van der Waals surface area contributed by atoms with Gasteiger partial charge in [0.15, 0.2) is 0 Å². The lowest BCUT2D eigenvalue weighted by Crippen LogP contribution is -2.18. The Kier molecular flexibility index (Phi) is 3.93. The maximum Gasteiger partial charge on any atom is 0.147 e. The standard InChI is InChI=1S/C13H19Cl2N3/c1-13(2)5-4-8(7-13)17-12-10(15)6-9(14)11(16-3)18-12/h6,8H,4-5,7H2,1-3H3,(H2,16,17,18). The zero-order valence-electron chi connectivity index (χ0n) is 11.0. The normalized spacial score (nSPS) is 21.9. The lowest BCUT2D eigenvalue weighted by Gasteiger charge is -2.19. The first-order valence-corrected chi connectivity index (χ1v) is 6.97. The maximum atomic E-state index is 6.17. The van der Waals surface area contributed by atoms with Gasteiger partial charge in [-0.2, -0.15) is 0 Å². The summed E-state index contributed by atoms with van der Waals surface area (Å²) in [6, 6.07) is 2.17. The number of pyridine rings is 1. The fraction of sp³-hybridized carbons (Fsp3) is 0.615. The van der Waals surface area contributed by atoms with Crippen LogP contribution in [0.1, 0.15) is 33.1 Å². The van der Waals surface area contributed by atoms with Crippen molar-refractivity contribution in [3.8, 4) is 0 Å². The average Bonchev–Trinajstić information content (AvgIpc) is 2.62. The number of rotatable bonds is 3. The Morgan fingerprint density at radius 1 is 1.28 bits per heavy atom. The SMILES string of the molecule is CNc1nc(NC2CCC(C)(C)C2)c(Cl)cc1Cl. The van der Waals surface area contributed by atoms with Crippen LogP contribution in [0.3, 0.4) is 0 Å². The first-order chi connectivity index (χ1) is 8.41. The Morgan fingerprint density at radius 2 is 1.94 bits per heavy atom. The van der Waals surface area contributed by atoms with E-state index in [9.17, 15) is 0 Å². The molecule has 2 N–H and O–H groups in total. The topological polar surface area (TPSA) is 37.0 Å². The summed E-state index contributed by atoms with van der Waals surface area (Å²) in [7, 11) is 1.80. The number of hydrogen-bond acceptors (Lipinski definition) is 3. The zero-order chi connectivity index (χ0) is 13.3. The molecule has 0 radical (unpaired) electrons. The van der Waals surface area contributed by atoms with E-state index in [0.717, 1.165) is 12.8 Å². The summed E-state index contributed by atoms with van der Waals surface area (Å²) in [4.78, 5) is 4.42. The molecule has 0 amide bonds. The first-order valence-electron chi connectivity index (χ1n) is 6.21. The van der Waals surface area contributed by atoms with Crippen LogP contribution in [0.15, 0.2) is 6.07 Å². The summed E-state index contributed by atoms with van der Waals surface area (Å²) in [6.45, 7) is 4.59. The van der Waals surface area contributed by atoms with E-state index >= 15 is 0 Å². The molecular weight excluding hydrogens is 269 g/mol. The second-order valence-electron chi connectivity index (χ2n) is 5.65. The average molecular weight is 288 g/mol. The van der Waals surface area contributed by atoms with Crippen molar-refractivity contribution >= 4 is 34.8 Å². The summed E-state index contributed by atoms with van der Waals surface area (Å²) in [5, 5.41) is 7.50. The minimum Gasteiger partial charge on any atom is -0.372 e. The molecule has 0 aromatic carbocycles. The molecule has 1 aliphatic carbocycles. The maximum absolute atomic E-state index is 6.17. The van der Waals surface area contributed by atoms with Gasteiger partial charge in [0.2, 0.25) is 0 Å². The molecule has 0 bridgehead atoms. The Bertz CT molecular complexity index is 446. The van der Waals surface area contributed by atoms with Crippen molar-refractivity contribution in [1.29, 1.82) is 0 Å². The quantitative estimate of drug-likeness (QED) is 0.864. The third kappa shape index (κ3) is 3.01. The highest BCUT2D eigenvalue weighted by Gasteiger charge is 2.31. The fourth-order valence-electron chi connectivity index (χ4n) is 2.50. The molecule has 2 rings (SSSR count). The van der Waals surface area contributed by atoms with Gasteiger partial charge in [-0.15, -0.1) is 0 Å². The van der Waals surface area contributed by atoms with Gasteiger partial charge < -0.3 is 10.6 Å². The van der Waals surface area contributed by atoms with Gasteiger partial charge in [0.05, 0.1) is 10.0 Å². The van der Waals surface area contributed by atoms with Gasteiger partial charge in [0.1, 0.15) is 11.6 Å². The number of nitrogens with zero attached hydrogens (tertiary/aromatic N) is 1. The third-order valence-electron chi connectivity index (χ3n) is 3.48. The van der Waals surface area contributed by atoms with E-state index in [0.29, 0.717) is 33.1 Å². The van der Waals surface area contributed by atoms with Crippen molar-refractivity contribution in [2.45, 2.75) is 39.2 Å². The second-order valence-corrected chi connectivity index (χ2v) is 6.46. The molecule has 18 heavy (non-hydrogen) atoms. The Morgan fingerprint density at radius 3 is 2.50 bits per heavy atom. The molecule has 1 aromatic heterocycles. The molecule has 0 aliphatic heterocycles. The second kappa shape index (κ2) is 5.14. The lowest BCUT2D eigenvalue weighted by molar-refractivity contribution is 0.378. The van der Waals surface area contributed by atoms with E-state index in [4.69, 9.17) is 23.2 Å². The predicted molar refractivity (Wildman–Crippen MR) is 78.8 cm³/mol. The molecule has 1 unspecified atom stereocenters. The van der Waals surface area contributed by atoms with E-state index in [2.05, 4.69) is 29.5 Å². The molecule has 0 spiro atoms. The molecule has 1 aliphatic rings. The van der Waals surface area contributed by atoms with Crippen LogP contribution in [0, 0.1) is 5.41 Å². The molecule has 1 atom stereocenters. The third-order valence-corrected chi connectivity index (χ3v) is 4.05. The number of halogens is 2. The Balaban J connectivity index is 2.14. The van der Waals surface area contributed by atoms with Crippen molar-refractivity contribution in [1.82, 2.24) is 4.98 Å². The van der Waals surface area contributed by atoms with Gasteiger partial charge in [-0.25, -0.2) is 4.98 Å². The van der Waals surface area contributed by atoms with Crippen molar-refractivity contribution in [2.24, 2.45) is 5.41 Å². The van der Waals surface area contributed by atoms with Gasteiger partial charge in [-0.3, -0.25) is 0 Å². The van der Waals surface area contributed by atoms with E-state index < -0.39 is 0 Å². The van der Waals surface area contributed by atoms with Crippen LogP contribution in [0.5, 0.6) is 0 Å². The van der Waals surface area contributed by atoms with Crippen LogP contribution in [0.2, 0.25) is 10.0 Å². The van der Waals surface area contributed by atoms with Crippen molar-refractivity contribution in [2.75, 3.05) is 17.7 Å². The molecule has 1 aromatic rings. The number of aromatic nitrogens is 1. The summed E-state index contributed by atoms with van der Waals surface area (Å²) in [5.41, 5.74) is 0.405. The van der Waals surface area contributed by atoms with Gasteiger partial charge in [0.25, 0.3) is 0 Å². The molecule has 100 valence electrons. The molecule has 1 saturated carbocycles. The smallest absolute Gasteiger partial charge is 0.147 e. The van der Waals surface area contributed by atoms with Crippen LogP contribution in [-0.4, -0.2) is 18.1 Å². The molecule has 1 fully saturated rings. The highest BCUT2D eigenvalue weighted by molar-refractivity contribution is 6.37. The molecule has 1 heterocycles. The Labute approximate surface area is 118 Å². The van der Waals surface area contributed by atoms with Gasteiger partial charge in [-0.05, 0) is 30.7 Å². The fourth-order valence-corrected chi connectivity index (χ4v) is 3.00. The number of hydrogen-bond donors (Lipinski definition) is 2. The van der Waals surface area contributed by atoms with Crippen LogP contribution in [-0.2, 0) is 0 Å². The molecule has 5 heteroatoms. The summed E-state index contributed by atoms with van der Waals surface area (Å²) in [6.07, 6.45) is 3.53. The zero-order valence-corrected chi connectivity index (χ0v) is 12.5. The molecule has 0 saturated heterocycles. The minimum atomic E-state index is 0.405. The monoisotopic (exact) mass is 287 g/mol. The summed E-state index contributed by atoms with van der Waals surface area (Å²) >= 11 is 12.2. The van der Waals surface area contributed by atoms with Crippen LogP contribution >= 0.6 is 23.2 Å². The van der Waals surface area contributed by atoms with Crippen molar-refractivity contribution in [3.05, 3.63) is 16.1 Å². The summed E-state index contributed by atoms with van der Waals surface area (Å²) in [5.74, 6) is 1.37. The minimum absolute atomic E-state index is 0.405. The van der Waals surface area contributed by atoms with Crippen LogP contribution in [0.25, 0.3) is 0 Å². The van der Waals surface area contributed by atoms with Gasteiger partial charge in [-0.1, -0.05) is 37.0 Å². The highest BCUT2D eigenvalue weighted by atomic mass is 35.5. The highest BCUT2D eigenvalue weighted by Crippen LogP contribution is 2.39. The van der Waals surface area contributed by atoms with Crippen LogP contribution in [0.4, 0.5) is 11.6 Å². The Hall–Kier alpha value is -0.670. The number of nitrogens with one attached hydrogen (secondary N) is 2. The van der Waals surface area contributed by atoms with E-state index in [1.165, 1.54) is 6.42 Å². The van der Waals surface area contributed by atoms with E-state index in [1.54, 1.807) is 13.1 Å². The van der Waals surface area contributed by atoms with Crippen molar-refractivity contribution in [3.63, 3.8) is 0 Å². The largest absolute Gasteiger partial charge is 0.372 e. The first kappa shape index (κ1) is 13.8. The lowest BCUT2D eigenvalue weighted by atomic mass is 9.92. The molecule has 3 nitrogen and oxygen atoms in total. The molecular formula is C13H19Cl2N3. The van der Waals surface area contributed by atoms with E-state index in [-0.39, 0.29) is 0 Å². The van der Waals surface area contributed by atoms with Gasteiger partial charge >= 0.3 is 0 Å². The van der Waals surface area contributed by atoms with E-state index in [1.807, 2.05) is 0 Å². The summed E-state index contributed by atoms with van der Waals surface area (Å²) < 4.78 is 0. The van der Waals surface area contributed by atoms with Crippen LogP contribution < -0.4 is 10.6 Å². The number of anilines is 2. The van der Waals surface area contributed by atoms with Crippen molar-refractivity contribution < 1.29 is 0 Å².